The minimum Gasteiger partial charge on any atom is -0.444 e. The van der Waals surface area contributed by atoms with Gasteiger partial charge in [-0.1, -0.05) is 21.6 Å². The Bertz CT molecular complexity index is 742. The average Bonchev–Trinajstić information content (AvgIpc) is 2.51. The highest BCUT2D eigenvalue weighted by Gasteiger charge is 2.15. The molecule has 1 amide bonds. The van der Waals surface area contributed by atoms with Crippen LogP contribution in [0.2, 0.25) is 0 Å². The molecule has 11 heteroatoms. The summed E-state index contributed by atoms with van der Waals surface area (Å²) in [5.41, 5.74) is -2.63. The Balaban J connectivity index is 2.17. The molecule has 0 bridgehead atoms. The number of hydrogen-bond donors (Lipinski definition) is 2. The van der Waals surface area contributed by atoms with Gasteiger partial charge in [-0.3, -0.25) is 14.6 Å². The van der Waals surface area contributed by atoms with Crippen LogP contribution >= 0.6 is 21.6 Å². The van der Waals surface area contributed by atoms with Crippen LogP contribution in [0.4, 0.5) is 9.18 Å². The molecule has 1 heterocycles. The molecule has 1 rings (SSSR count). The standard InChI is InChI=1S/C15H22FN3O5S2/c1-15(2,3)24-14(23)17-6-8-26-25-7-4-5-11(20)19-9-10(16)12(21)18-13(19)22/h9H,4-8H2,1-3H3,(H,17,23)(H,18,21,22). The van der Waals surface area contributed by atoms with Crippen LogP contribution < -0.4 is 16.6 Å². The van der Waals surface area contributed by atoms with E-state index < -0.39 is 34.7 Å². The number of ether oxygens (including phenoxy) is 1. The number of nitrogens with one attached hydrogen (secondary N) is 2. The van der Waals surface area contributed by atoms with Gasteiger partial charge >= 0.3 is 11.8 Å². The molecule has 0 unspecified atom stereocenters. The summed E-state index contributed by atoms with van der Waals surface area (Å²) in [5, 5.41) is 2.63. The second-order valence-corrected chi connectivity index (χ2v) is 8.88. The molecular formula is C15H22FN3O5S2. The molecule has 0 aromatic carbocycles. The summed E-state index contributed by atoms with van der Waals surface area (Å²) >= 11 is 0. The number of aromatic amines is 1. The maximum absolute atomic E-state index is 13.1. The van der Waals surface area contributed by atoms with Crippen LogP contribution in [0.5, 0.6) is 0 Å². The van der Waals surface area contributed by atoms with Crippen LogP contribution in [0.1, 0.15) is 38.4 Å². The molecule has 0 aliphatic heterocycles. The van der Waals surface area contributed by atoms with Crippen LogP contribution in [0, 0.1) is 5.82 Å². The molecule has 0 radical (unpaired) electrons. The Morgan fingerprint density at radius 3 is 2.58 bits per heavy atom. The van der Waals surface area contributed by atoms with Crippen LogP contribution in [-0.4, -0.2) is 45.2 Å². The number of rotatable bonds is 8. The molecule has 0 atom stereocenters. The first kappa shape index (κ1) is 22.3. The average molecular weight is 407 g/mol. The topological polar surface area (TPSA) is 110 Å². The normalized spacial score (nSPS) is 11.2. The first-order valence-electron chi connectivity index (χ1n) is 7.86. The maximum atomic E-state index is 13.1. The zero-order valence-corrected chi connectivity index (χ0v) is 16.4. The number of carbonyl (C=O) groups is 2. The van der Waals surface area contributed by atoms with Crippen LogP contribution in [0.25, 0.3) is 0 Å². The van der Waals surface area contributed by atoms with Crippen molar-refractivity contribution in [3.05, 3.63) is 32.9 Å². The molecule has 0 aliphatic carbocycles. The summed E-state index contributed by atoms with van der Waals surface area (Å²) in [6, 6.07) is 0. The summed E-state index contributed by atoms with van der Waals surface area (Å²) in [6.45, 7) is 5.81. The Kier molecular flexibility index (Phi) is 8.93. The molecule has 0 spiro atoms. The van der Waals surface area contributed by atoms with Crippen molar-refractivity contribution in [2.75, 3.05) is 18.1 Å². The van der Waals surface area contributed by atoms with E-state index in [1.807, 2.05) is 0 Å². The lowest BCUT2D eigenvalue weighted by molar-refractivity contribution is 0.0531. The molecular weight excluding hydrogens is 385 g/mol. The predicted molar refractivity (Wildman–Crippen MR) is 100 cm³/mol. The fraction of sp³-hybridized carbons (Fsp3) is 0.600. The first-order valence-corrected chi connectivity index (χ1v) is 10.3. The summed E-state index contributed by atoms with van der Waals surface area (Å²) in [6.07, 6.45) is 0.679. The molecule has 0 saturated heterocycles. The van der Waals surface area contributed by atoms with E-state index in [2.05, 4.69) is 5.32 Å². The molecule has 26 heavy (non-hydrogen) atoms. The number of alkyl carbamates (subject to hydrolysis) is 1. The fourth-order valence-corrected chi connectivity index (χ4v) is 3.66. The third-order valence-corrected chi connectivity index (χ3v) is 5.22. The minimum atomic E-state index is -1.18. The van der Waals surface area contributed by atoms with Crippen molar-refractivity contribution in [1.29, 1.82) is 0 Å². The fourth-order valence-electron chi connectivity index (χ4n) is 1.66. The SMILES string of the molecule is CC(C)(C)OC(=O)NCCSSCCCC(=O)n1cc(F)c(=O)[nH]c1=O. The maximum Gasteiger partial charge on any atom is 0.407 e. The molecule has 0 fully saturated rings. The summed E-state index contributed by atoms with van der Waals surface area (Å²) in [5.74, 6) is -0.450. The lowest BCUT2D eigenvalue weighted by Crippen LogP contribution is -2.34. The van der Waals surface area contributed by atoms with Crippen molar-refractivity contribution in [3.8, 4) is 0 Å². The number of aromatic nitrogens is 2. The highest BCUT2D eigenvalue weighted by molar-refractivity contribution is 8.76. The quantitative estimate of drug-likeness (QED) is 0.501. The van der Waals surface area contributed by atoms with E-state index >= 15 is 0 Å². The minimum absolute atomic E-state index is 0.0507. The van der Waals surface area contributed by atoms with Gasteiger partial charge in [0.05, 0.1) is 6.20 Å². The zero-order chi connectivity index (χ0) is 19.7. The van der Waals surface area contributed by atoms with Gasteiger partial charge in [0.1, 0.15) is 5.60 Å². The number of amides is 1. The van der Waals surface area contributed by atoms with E-state index in [9.17, 15) is 23.6 Å². The Hall–Kier alpha value is -1.75. The molecule has 0 aliphatic rings. The number of nitrogens with zero attached hydrogens (tertiary/aromatic N) is 1. The number of carbonyl (C=O) groups excluding carboxylic acids is 2. The Morgan fingerprint density at radius 2 is 1.92 bits per heavy atom. The van der Waals surface area contributed by atoms with Gasteiger partial charge in [-0.25, -0.2) is 14.2 Å². The van der Waals surface area contributed by atoms with Crippen molar-refractivity contribution < 1.29 is 18.7 Å². The highest BCUT2D eigenvalue weighted by atomic mass is 33.1. The largest absolute Gasteiger partial charge is 0.444 e. The molecule has 1 aromatic heterocycles. The van der Waals surface area contributed by atoms with Crippen LogP contribution in [0.3, 0.4) is 0 Å². The van der Waals surface area contributed by atoms with Crippen molar-refractivity contribution in [1.82, 2.24) is 14.9 Å². The summed E-state index contributed by atoms with van der Waals surface area (Å²) in [7, 11) is 3.05. The van der Waals surface area contributed by atoms with Crippen LogP contribution in [-0.2, 0) is 4.74 Å². The number of H-pyrrole nitrogens is 1. The Morgan fingerprint density at radius 1 is 1.27 bits per heavy atom. The molecule has 2 N–H and O–H groups in total. The predicted octanol–water partition coefficient (Wildman–Crippen LogP) is 2.00. The Labute approximate surface area is 157 Å². The zero-order valence-electron chi connectivity index (χ0n) is 14.8. The van der Waals surface area contributed by atoms with E-state index in [1.54, 1.807) is 25.8 Å². The highest BCUT2D eigenvalue weighted by Crippen LogP contribution is 2.21. The number of hydrogen-bond acceptors (Lipinski definition) is 7. The van der Waals surface area contributed by atoms with Crippen LogP contribution in [0.15, 0.2) is 15.8 Å². The smallest absolute Gasteiger partial charge is 0.407 e. The van der Waals surface area contributed by atoms with Gasteiger partial charge in [-0.2, -0.15) is 4.39 Å². The second kappa shape index (κ2) is 10.4. The van der Waals surface area contributed by atoms with E-state index in [0.717, 1.165) is 0 Å². The third-order valence-electron chi connectivity index (χ3n) is 2.72. The third kappa shape index (κ3) is 8.56. The summed E-state index contributed by atoms with van der Waals surface area (Å²) in [4.78, 5) is 47.4. The van der Waals surface area contributed by atoms with Gasteiger partial charge in [0.2, 0.25) is 11.7 Å². The second-order valence-electron chi connectivity index (χ2n) is 6.18. The molecule has 146 valence electrons. The van der Waals surface area contributed by atoms with E-state index in [-0.39, 0.29) is 6.42 Å². The van der Waals surface area contributed by atoms with E-state index in [4.69, 9.17) is 4.74 Å². The lowest BCUT2D eigenvalue weighted by Gasteiger charge is -2.19. The van der Waals surface area contributed by atoms with Gasteiger partial charge in [0.25, 0.3) is 5.56 Å². The van der Waals surface area contributed by atoms with Gasteiger partial charge in [-0.05, 0) is 27.2 Å². The van der Waals surface area contributed by atoms with Crippen molar-refractivity contribution in [3.63, 3.8) is 0 Å². The van der Waals surface area contributed by atoms with Crippen molar-refractivity contribution >= 4 is 33.6 Å². The lowest BCUT2D eigenvalue weighted by atomic mass is 10.2. The van der Waals surface area contributed by atoms with Crippen molar-refractivity contribution in [2.24, 2.45) is 0 Å². The van der Waals surface area contributed by atoms with E-state index in [1.165, 1.54) is 21.6 Å². The van der Waals surface area contributed by atoms with Gasteiger partial charge in [0.15, 0.2) is 0 Å². The number of halogens is 1. The van der Waals surface area contributed by atoms with Crippen molar-refractivity contribution in [2.45, 2.75) is 39.2 Å². The molecule has 8 nitrogen and oxygen atoms in total. The molecule has 0 saturated carbocycles. The van der Waals surface area contributed by atoms with Gasteiger partial charge in [-0.15, -0.1) is 0 Å². The van der Waals surface area contributed by atoms with E-state index in [0.29, 0.717) is 35.2 Å². The molecule has 1 aromatic rings. The monoisotopic (exact) mass is 407 g/mol. The van der Waals surface area contributed by atoms with Gasteiger partial charge < -0.3 is 10.1 Å². The summed E-state index contributed by atoms with van der Waals surface area (Å²) < 4.78 is 18.8. The van der Waals surface area contributed by atoms with Gasteiger partial charge in [0, 0.05) is 24.5 Å². The first-order chi connectivity index (χ1) is 12.1.